The molecule has 0 radical (unpaired) electrons. The summed E-state index contributed by atoms with van der Waals surface area (Å²) in [6.45, 7) is 3.71. The molecule has 0 atom stereocenters. The molecule has 0 bridgehead atoms. The Bertz CT molecular complexity index is 267. The van der Waals surface area contributed by atoms with Gasteiger partial charge in [-0.2, -0.15) is 0 Å². The van der Waals surface area contributed by atoms with Crippen LogP contribution in [0.3, 0.4) is 0 Å². The summed E-state index contributed by atoms with van der Waals surface area (Å²) in [5.41, 5.74) is 0.617. The quantitative estimate of drug-likeness (QED) is 0.672. The molecule has 0 aliphatic rings. The van der Waals surface area contributed by atoms with Crippen LogP contribution in [0.2, 0.25) is 0 Å². The SMILES string of the molecule is CCCCc1nc(C(C)=O)cs1. The molecule has 1 heterocycles. The van der Waals surface area contributed by atoms with E-state index in [9.17, 15) is 4.79 Å². The van der Waals surface area contributed by atoms with Gasteiger partial charge in [-0.25, -0.2) is 4.98 Å². The first-order valence-corrected chi connectivity index (χ1v) is 5.07. The van der Waals surface area contributed by atoms with Gasteiger partial charge < -0.3 is 0 Å². The Morgan fingerprint density at radius 2 is 2.42 bits per heavy atom. The maximum Gasteiger partial charge on any atom is 0.178 e. The summed E-state index contributed by atoms with van der Waals surface area (Å²) in [5, 5.41) is 2.93. The fourth-order valence-corrected chi connectivity index (χ4v) is 1.79. The van der Waals surface area contributed by atoms with Crippen LogP contribution in [0.4, 0.5) is 0 Å². The molecule has 0 aromatic carbocycles. The number of carbonyl (C=O) groups is 1. The third kappa shape index (κ3) is 2.41. The van der Waals surface area contributed by atoms with Gasteiger partial charge in [-0.1, -0.05) is 13.3 Å². The van der Waals surface area contributed by atoms with Crippen LogP contribution in [-0.4, -0.2) is 10.8 Å². The Kier molecular flexibility index (Phi) is 3.41. The van der Waals surface area contributed by atoms with Crippen molar-refractivity contribution in [3.8, 4) is 0 Å². The van der Waals surface area contributed by atoms with Crippen molar-refractivity contribution in [1.29, 1.82) is 0 Å². The second-order valence-corrected chi connectivity index (χ2v) is 3.73. The van der Waals surface area contributed by atoms with Gasteiger partial charge in [0.2, 0.25) is 0 Å². The first-order chi connectivity index (χ1) is 5.74. The van der Waals surface area contributed by atoms with Gasteiger partial charge in [0.1, 0.15) is 5.69 Å². The molecule has 0 unspecified atom stereocenters. The Hall–Kier alpha value is -0.700. The smallest absolute Gasteiger partial charge is 0.178 e. The molecule has 0 saturated carbocycles. The number of unbranched alkanes of at least 4 members (excludes halogenated alkanes) is 1. The van der Waals surface area contributed by atoms with Crippen molar-refractivity contribution in [3.05, 3.63) is 16.1 Å². The molecule has 0 aliphatic carbocycles. The van der Waals surface area contributed by atoms with E-state index >= 15 is 0 Å². The van der Waals surface area contributed by atoms with Crippen LogP contribution >= 0.6 is 11.3 Å². The highest BCUT2D eigenvalue weighted by molar-refractivity contribution is 7.09. The van der Waals surface area contributed by atoms with Crippen molar-refractivity contribution < 1.29 is 4.79 Å². The molecule has 2 nitrogen and oxygen atoms in total. The van der Waals surface area contributed by atoms with Gasteiger partial charge in [-0.05, 0) is 12.8 Å². The van der Waals surface area contributed by atoms with Crippen molar-refractivity contribution in [2.45, 2.75) is 33.1 Å². The van der Waals surface area contributed by atoms with Crippen LogP contribution in [-0.2, 0) is 6.42 Å². The lowest BCUT2D eigenvalue weighted by Crippen LogP contribution is -1.92. The molecule has 3 heteroatoms. The third-order valence-electron chi connectivity index (χ3n) is 1.66. The molecule has 66 valence electrons. The lowest BCUT2D eigenvalue weighted by atomic mass is 10.2. The number of carbonyl (C=O) groups excluding carboxylic acids is 1. The van der Waals surface area contributed by atoms with E-state index in [0.717, 1.165) is 17.8 Å². The van der Waals surface area contributed by atoms with Crippen molar-refractivity contribution in [2.24, 2.45) is 0 Å². The lowest BCUT2D eigenvalue weighted by molar-refractivity contribution is 0.101. The van der Waals surface area contributed by atoms with Gasteiger partial charge in [0, 0.05) is 12.3 Å². The zero-order valence-electron chi connectivity index (χ0n) is 7.46. The van der Waals surface area contributed by atoms with E-state index in [1.807, 2.05) is 5.38 Å². The number of hydrogen-bond donors (Lipinski definition) is 0. The van der Waals surface area contributed by atoms with Gasteiger partial charge in [0.15, 0.2) is 5.78 Å². The van der Waals surface area contributed by atoms with E-state index in [0.29, 0.717) is 5.69 Å². The number of rotatable bonds is 4. The highest BCUT2D eigenvalue weighted by Crippen LogP contribution is 2.12. The zero-order valence-corrected chi connectivity index (χ0v) is 8.28. The second-order valence-electron chi connectivity index (χ2n) is 2.79. The van der Waals surface area contributed by atoms with Crippen molar-refractivity contribution in [3.63, 3.8) is 0 Å². The number of hydrogen-bond acceptors (Lipinski definition) is 3. The van der Waals surface area contributed by atoms with Crippen molar-refractivity contribution in [1.82, 2.24) is 4.98 Å². The molecule has 12 heavy (non-hydrogen) atoms. The summed E-state index contributed by atoms with van der Waals surface area (Å²) in [6, 6.07) is 0. The van der Waals surface area contributed by atoms with E-state index in [1.165, 1.54) is 6.42 Å². The molecule has 1 aromatic heterocycles. The maximum atomic E-state index is 10.9. The van der Waals surface area contributed by atoms with Gasteiger partial charge in [-0.3, -0.25) is 4.79 Å². The van der Waals surface area contributed by atoms with Gasteiger partial charge in [0.05, 0.1) is 5.01 Å². The van der Waals surface area contributed by atoms with Gasteiger partial charge in [-0.15, -0.1) is 11.3 Å². The molecule has 0 aliphatic heterocycles. The minimum absolute atomic E-state index is 0.0639. The maximum absolute atomic E-state index is 10.9. The molecule has 1 rings (SSSR count). The van der Waals surface area contributed by atoms with Crippen LogP contribution in [0.25, 0.3) is 0 Å². The van der Waals surface area contributed by atoms with E-state index in [-0.39, 0.29) is 5.78 Å². The monoisotopic (exact) mass is 183 g/mol. The van der Waals surface area contributed by atoms with Crippen LogP contribution < -0.4 is 0 Å². The summed E-state index contributed by atoms with van der Waals surface area (Å²) >= 11 is 1.59. The normalized spacial score (nSPS) is 10.2. The number of Topliss-reactive ketones (excluding diaryl/α,β-unsaturated/α-hetero) is 1. The van der Waals surface area contributed by atoms with Crippen LogP contribution in [0.15, 0.2) is 5.38 Å². The molecule has 0 fully saturated rings. The highest BCUT2D eigenvalue weighted by atomic mass is 32.1. The predicted molar refractivity (Wildman–Crippen MR) is 50.7 cm³/mol. The van der Waals surface area contributed by atoms with Crippen molar-refractivity contribution >= 4 is 17.1 Å². The predicted octanol–water partition coefficient (Wildman–Crippen LogP) is 2.69. The van der Waals surface area contributed by atoms with E-state index in [4.69, 9.17) is 0 Å². The van der Waals surface area contributed by atoms with Gasteiger partial charge >= 0.3 is 0 Å². The fourth-order valence-electron chi connectivity index (χ4n) is 0.915. The number of aromatic nitrogens is 1. The van der Waals surface area contributed by atoms with E-state index in [1.54, 1.807) is 18.3 Å². The van der Waals surface area contributed by atoms with Gasteiger partial charge in [0.25, 0.3) is 0 Å². The van der Waals surface area contributed by atoms with E-state index in [2.05, 4.69) is 11.9 Å². The van der Waals surface area contributed by atoms with Crippen LogP contribution in [0.5, 0.6) is 0 Å². The summed E-state index contributed by atoms with van der Waals surface area (Å²) in [4.78, 5) is 15.1. The lowest BCUT2D eigenvalue weighted by Gasteiger charge is -1.90. The topological polar surface area (TPSA) is 30.0 Å². The van der Waals surface area contributed by atoms with Crippen LogP contribution in [0.1, 0.15) is 42.2 Å². The molecule has 0 N–H and O–H groups in total. The summed E-state index contributed by atoms with van der Waals surface area (Å²) in [7, 11) is 0. The molecule has 0 amide bonds. The average Bonchev–Trinajstić information content (AvgIpc) is 2.48. The second kappa shape index (κ2) is 4.36. The first-order valence-electron chi connectivity index (χ1n) is 4.19. The number of aryl methyl sites for hydroxylation is 1. The Labute approximate surface area is 76.6 Å². The number of nitrogens with zero attached hydrogens (tertiary/aromatic N) is 1. The summed E-state index contributed by atoms with van der Waals surface area (Å²) in [5.74, 6) is 0.0639. The Morgan fingerprint density at radius 1 is 1.67 bits per heavy atom. The minimum atomic E-state index is 0.0639. The van der Waals surface area contributed by atoms with E-state index < -0.39 is 0 Å². The van der Waals surface area contributed by atoms with Crippen molar-refractivity contribution in [2.75, 3.05) is 0 Å². The summed E-state index contributed by atoms with van der Waals surface area (Å²) in [6.07, 6.45) is 3.34. The van der Waals surface area contributed by atoms with Crippen LogP contribution in [0, 0.1) is 0 Å². The first kappa shape index (κ1) is 9.39. The number of ketones is 1. The Balaban J connectivity index is 2.58. The highest BCUT2D eigenvalue weighted by Gasteiger charge is 2.04. The molecular weight excluding hydrogens is 170 g/mol. The number of thiazole rings is 1. The zero-order chi connectivity index (χ0) is 8.97. The molecule has 0 spiro atoms. The minimum Gasteiger partial charge on any atom is -0.293 e. The standard InChI is InChI=1S/C9H13NOS/c1-3-4-5-9-10-8(6-12-9)7(2)11/h6H,3-5H2,1-2H3. The molecular formula is C9H13NOS. The molecule has 0 saturated heterocycles. The summed E-state index contributed by atoms with van der Waals surface area (Å²) < 4.78 is 0. The largest absolute Gasteiger partial charge is 0.293 e. The fraction of sp³-hybridized carbons (Fsp3) is 0.556. The average molecular weight is 183 g/mol. The Morgan fingerprint density at radius 3 is 2.92 bits per heavy atom. The third-order valence-corrected chi connectivity index (χ3v) is 2.57. The molecule has 1 aromatic rings.